The number of halogens is 1. The molecule has 2 amide bonds. The van der Waals surface area contributed by atoms with Crippen molar-refractivity contribution in [1.82, 2.24) is 9.88 Å². The number of hydrogen-bond donors (Lipinski definition) is 3. The number of amides is 2. The summed E-state index contributed by atoms with van der Waals surface area (Å²) in [7, 11) is -0.600. The van der Waals surface area contributed by atoms with Gasteiger partial charge in [0.25, 0.3) is 0 Å². The van der Waals surface area contributed by atoms with E-state index in [1.165, 1.54) is 57.3 Å². The Balaban J connectivity index is 1.74. The predicted molar refractivity (Wildman–Crippen MR) is 160 cm³/mol. The molecule has 42 heavy (non-hydrogen) atoms. The lowest BCUT2D eigenvalue weighted by Gasteiger charge is -2.27. The lowest BCUT2D eigenvalue weighted by Crippen LogP contribution is -2.35. The third-order valence-electron chi connectivity index (χ3n) is 6.71. The number of hydrogen-bond acceptors (Lipinski definition) is 8. The standard InChI is InChI=1S/C30H32FN5O5S/c1-5-42(39,40)26-10-9-22(34-18(2)37)14-21(26)17-36(3)30(38)28(20-7-6-8-24(15-20)41-4)35-23-13-19-11-12-33-29(32)27(19)25(31)16-23/h6-16,28,35H,5,17H2,1-4H3,(H2,32,33)(H,34,37). The molecule has 0 aliphatic heterocycles. The molecule has 1 atom stereocenters. The molecule has 10 nitrogen and oxygen atoms in total. The van der Waals surface area contributed by atoms with E-state index in [0.29, 0.717) is 33.6 Å². The van der Waals surface area contributed by atoms with Crippen LogP contribution in [0, 0.1) is 5.82 Å². The SMILES string of the molecule is CCS(=O)(=O)c1ccc(NC(C)=O)cc1CN(C)C(=O)C(Nc1cc(F)c2c(N)nccc2c1)c1cccc(OC)c1. The van der Waals surface area contributed by atoms with Gasteiger partial charge in [0, 0.05) is 38.1 Å². The third kappa shape index (κ3) is 6.60. The number of nitrogens with one attached hydrogen (secondary N) is 2. The normalized spacial score (nSPS) is 12.0. The zero-order valence-corrected chi connectivity index (χ0v) is 24.5. The molecule has 0 saturated carbocycles. The minimum absolute atomic E-state index is 0.0519. The Morgan fingerprint density at radius 1 is 1.10 bits per heavy atom. The van der Waals surface area contributed by atoms with Gasteiger partial charge in [-0.2, -0.15) is 0 Å². The summed E-state index contributed by atoms with van der Waals surface area (Å²) in [5.74, 6) is -0.927. The maximum Gasteiger partial charge on any atom is 0.249 e. The molecule has 3 aromatic carbocycles. The highest BCUT2D eigenvalue weighted by Crippen LogP contribution is 2.31. The second-order valence-electron chi connectivity index (χ2n) is 9.71. The summed E-state index contributed by atoms with van der Waals surface area (Å²) >= 11 is 0. The van der Waals surface area contributed by atoms with Crippen molar-refractivity contribution in [2.75, 3.05) is 36.3 Å². The summed E-state index contributed by atoms with van der Waals surface area (Å²) in [5, 5.41) is 6.46. The van der Waals surface area contributed by atoms with Gasteiger partial charge in [0.15, 0.2) is 9.84 Å². The summed E-state index contributed by atoms with van der Waals surface area (Å²) in [4.78, 5) is 31.0. The van der Waals surface area contributed by atoms with E-state index in [-0.39, 0.29) is 34.3 Å². The van der Waals surface area contributed by atoms with Crippen LogP contribution in [0.2, 0.25) is 0 Å². The zero-order chi connectivity index (χ0) is 30.6. The maximum absolute atomic E-state index is 15.1. The molecule has 0 aliphatic rings. The average Bonchev–Trinajstić information content (AvgIpc) is 2.95. The number of carbonyl (C=O) groups is 2. The van der Waals surface area contributed by atoms with E-state index in [2.05, 4.69) is 15.6 Å². The summed E-state index contributed by atoms with van der Waals surface area (Å²) < 4.78 is 46.2. The molecular formula is C30H32FN5O5S. The number of fused-ring (bicyclic) bond motifs is 1. The van der Waals surface area contributed by atoms with Gasteiger partial charge in [-0.15, -0.1) is 0 Å². The number of ether oxygens (including phenoxy) is 1. The van der Waals surface area contributed by atoms with Crippen molar-refractivity contribution in [1.29, 1.82) is 0 Å². The third-order valence-corrected chi connectivity index (χ3v) is 8.54. The monoisotopic (exact) mass is 593 g/mol. The first-order valence-electron chi connectivity index (χ1n) is 13.1. The molecule has 1 unspecified atom stereocenters. The molecule has 220 valence electrons. The fraction of sp³-hybridized carbons (Fsp3) is 0.233. The molecular weight excluding hydrogens is 561 g/mol. The summed E-state index contributed by atoms with van der Waals surface area (Å²) in [6, 6.07) is 14.9. The van der Waals surface area contributed by atoms with Crippen molar-refractivity contribution in [2.45, 2.75) is 31.3 Å². The largest absolute Gasteiger partial charge is 0.497 e. The summed E-state index contributed by atoms with van der Waals surface area (Å²) in [6.07, 6.45) is 1.47. The highest BCUT2D eigenvalue weighted by molar-refractivity contribution is 7.91. The molecule has 0 fully saturated rings. The second kappa shape index (κ2) is 12.4. The second-order valence-corrected chi connectivity index (χ2v) is 12.0. The van der Waals surface area contributed by atoms with Crippen LogP contribution in [0.5, 0.6) is 5.75 Å². The highest BCUT2D eigenvalue weighted by Gasteiger charge is 2.27. The number of carbonyl (C=O) groups excluding carboxylic acids is 2. The molecule has 1 heterocycles. The maximum atomic E-state index is 15.1. The fourth-order valence-corrected chi connectivity index (χ4v) is 5.76. The first-order valence-corrected chi connectivity index (χ1v) is 14.7. The van der Waals surface area contributed by atoms with Gasteiger partial charge in [0.2, 0.25) is 11.8 Å². The average molecular weight is 594 g/mol. The predicted octanol–water partition coefficient (Wildman–Crippen LogP) is 4.53. The Kier molecular flexibility index (Phi) is 8.96. The van der Waals surface area contributed by atoms with E-state index in [1.54, 1.807) is 42.5 Å². The van der Waals surface area contributed by atoms with E-state index < -0.39 is 27.6 Å². The lowest BCUT2D eigenvalue weighted by molar-refractivity contribution is -0.131. The number of nitrogen functional groups attached to an aromatic ring is 1. The molecule has 0 saturated heterocycles. The van der Waals surface area contributed by atoms with Crippen LogP contribution in [0.25, 0.3) is 10.8 Å². The van der Waals surface area contributed by atoms with E-state index >= 15 is 4.39 Å². The molecule has 12 heteroatoms. The van der Waals surface area contributed by atoms with E-state index in [9.17, 15) is 18.0 Å². The van der Waals surface area contributed by atoms with E-state index in [0.717, 1.165) is 0 Å². The van der Waals surface area contributed by atoms with Gasteiger partial charge in [-0.05, 0) is 65.0 Å². The van der Waals surface area contributed by atoms with Crippen LogP contribution in [-0.2, 0) is 26.0 Å². The Hall–Kier alpha value is -4.71. The fourth-order valence-electron chi connectivity index (χ4n) is 4.65. The van der Waals surface area contributed by atoms with Crippen LogP contribution in [-0.4, -0.2) is 50.0 Å². The molecule has 4 aromatic rings. The Bertz CT molecular complexity index is 1760. The number of nitrogens with two attached hydrogens (primary N) is 1. The zero-order valence-electron chi connectivity index (χ0n) is 23.6. The van der Waals surface area contributed by atoms with Gasteiger partial charge in [-0.25, -0.2) is 17.8 Å². The minimum atomic E-state index is -3.64. The van der Waals surface area contributed by atoms with Gasteiger partial charge in [0.1, 0.15) is 23.4 Å². The number of pyridine rings is 1. The number of rotatable bonds is 10. The number of benzene rings is 3. The van der Waals surface area contributed by atoms with Crippen molar-refractivity contribution in [3.8, 4) is 5.75 Å². The van der Waals surface area contributed by atoms with Crippen LogP contribution in [0.3, 0.4) is 0 Å². The number of methoxy groups -OCH3 is 1. The van der Waals surface area contributed by atoms with Crippen molar-refractivity contribution in [3.05, 3.63) is 83.8 Å². The molecule has 0 spiro atoms. The quantitative estimate of drug-likeness (QED) is 0.243. The van der Waals surface area contributed by atoms with Crippen molar-refractivity contribution < 1.29 is 27.1 Å². The first-order chi connectivity index (χ1) is 19.9. The van der Waals surface area contributed by atoms with Crippen LogP contribution < -0.4 is 21.1 Å². The molecule has 0 bridgehead atoms. The molecule has 1 aromatic heterocycles. The smallest absolute Gasteiger partial charge is 0.249 e. The van der Waals surface area contributed by atoms with Gasteiger partial charge in [-0.1, -0.05) is 19.1 Å². The van der Waals surface area contributed by atoms with Crippen molar-refractivity contribution in [3.63, 3.8) is 0 Å². The minimum Gasteiger partial charge on any atom is -0.497 e. The number of likely N-dealkylation sites (N-methyl/N-ethyl adjacent to an activating group) is 1. The van der Waals surface area contributed by atoms with Crippen molar-refractivity contribution >= 4 is 49.6 Å². The highest BCUT2D eigenvalue weighted by atomic mass is 32.2. The van der Waals surface area contributed by atoms with Crippen LogP contribution in [0.15, 0.2) is 71.8 Å². The number of anilines is 3. The first kappa shape index (κ1) is 30.3. The molecule has 0 radical (unpaired) electrons. The Morgan fingerprint density at radius 2 is 1.86 bits per heavy atom. The topological polar surface area (TPSA) is 144 Å². The van der Waals surface area contributed by atoms with E-state index in [1.807, 2.05) is 0 Å². The van der Waals surface area contributed by atoms with Crippen LogP contribution in [0.1, 0.15) is 31.0 Å². The Morgan fingerprint density at radius 3 is 2.55 bits per heavy atom. The summed E-state index contributed by atoms with van der Waals surface area (Å²) in [6.45, 7) is 2.79. The van der Waals surface area contributed by atoms with Gasteiger partial charge >= 0.3 is 0 Å². The Labute approximate surface area is 243 Å². The van der Waals surface area contributed by atoms with E-state index in [4.69, 9.17) is 10.5 Å². The van der Waals surface area contributed by atoms with Crippen LogP contribution in [0.4, 0.5) is 21.6 Å². The van der Waals surface area contributed by atoms with Gasteiger partial charge in [0.05, 0.1) is 23.1 Å². The molecule has 4 N–H and O–H groups in total. The number of nitrogens with zero attached hydrogens (tertiary/aromatic N) is 2. The van der Waals surface area contributed by atoms with Gasteiger partial charge < -0.3 is 26.0 Å². The molecule has 0 aliphatic carbocycles. The number of aromatic nitrogens is 1. The van der Waals surface area contributed by atoms with Crippen molar-refractivity contribution in [2.24, 2.45) is 0 Å². The molecule has 4 rings (SSSR count). The van der Waals surface area contributed by atoms with Gasteiger partial charge in [-0.3, -0.25) is 9.59 Å². The lowest BCUT2D eigenvalue weighted by atomic mass is 10.0. The summed E-state index contributed by atoms with van der Waals surface area (Å²) in [5.41, 5.74) is 7.46. The number of sulfone groups is 1. The van der Waals surface area contributed by atoms with Crippen LogP contribution >= 0.6 is 0 Å².